The van der Waals surface area contributed by atoms with Gasteiger partial charge in [0.05, 0.1) is 18.5 Å². The Hall–Kier alpha value is -1.69. The largest absolute Gasteiger partial charge is 0.378 e. The molecule has 2 aromatic carbocycles. The number of halogens is 1. The maximum atomic E-state index is 12.4. The predicted molar refractivity (Wildman–Crippen MR) is 105 cm³/mol. The minimum Gasteiger partial charge on any atom is -0.378 e. The molecular weight excluding hydrogens is 356 g/mol. The molecule has 1 heterocycles. The summed E-state index contributed by atoms with van der Waals surface area (Å²) in [4.78, 5) is 15.7. The number of benzene rings is 2. The Bertz CT molecular complexity index is 700. The first-order valence-electron chi connectivity index (χ1n) is 8.28. The molecule has 1 atom stereocenters. The van der Waals surface area contributed by atoms with Crippen molar-refractivity contribution >= 4 is 40.6 Å². The summed E-state index contributed by atoms with van der Waals surface area (Å²) < 4.78 is 5.37. The lowest BCUT2D eigenvalue weighted by molar-refractivity contribution is -0.115. The number of rotatable bonds is 5. The van der Waals surface area contributed by atoms with Crippen LogP contribution in [0.2, 0.25) is 5.02 Å². The number of morpholine rings is 1. The van der Waals surface area contributed by atoms with Gasteiger partial charge in [-0.3, -0.25) is 4.79 Å². The van der Waals surface area contributed by atoms with Crippen LogP contribution in [-0.4, -0.2) is 37.5 Å². The van der Waals surface area contributed by atoms with Gasteiger partial charge in [-0.2, -0.15) is 0 Å². The molecule has 1 N–H and O–H groups in total. The van der Waals surface area contributed by atoms with Gasteiger partial charge in [0, 0.05) is 34.4 Å². The second-order valence-electron chi connectivity index (χ2n) is 5.85. The molecule has 6 heteroatoms. The van der Waals surface area contributed by atoms with Crippen LogP contribution < -0.4 is 10.2 Å². The Kier molecular flexibility index (Phi) is 6.24. The number of hydrogen-bond donors (Lipinski definition) is 1. The monoisotopic (exact) mass is 376 g/mol. The lowest BCUT2D eigenvalue weighted by atomic mass is 10.2. The molecule has 0 radical (unpaired) electrons. The highest BCUT2D eigenvalue weighted by Gasteiger charge is 2.15. The van der Waals surface area contributed by atoms with Crippen LogP contribution in [0.1, 0.15) is 6.92 Å². The fraction of sp³-hybridized carbons (Fsp3) is 0.316. The van der Waals surface area contributed by atoms with E-state index in [0.29, 0.717) is 5.02 Å². The van der Waals surface area contributed by atoms with Gasteiger partial charge in [0.2, 0.25) is 5.91 Å². The molecule has 0 aliphatic carbocycles. The molecule has 25 heavy (non-hydrogen) atoms. The molecule has 0 spiro atoms. The van der Waals surface area contributed by atoms with Crippen LogP contribution in [0.15, 0.2) is 53.4 Å². The van der Waals surface area contributed by atoms with Gasteiger partial charge in [0.1, 0.15) is 0 Å². The molecule has 2 aromatic rings. The third-order valence-electron chi connectivity index (χ3n) is 4.01. The van der Waals surface area contributed by atoms with E-state index in [2.05, 4.69) is 10.2 Å². The number of carbonyl (C=O) groups excluding carboxylic acids is 1. The molecule has 1 saturated heterocycles. The average molecular weight is 377 g/mol. The Labute approximate surface area is 157 Å². The number of anilines is 2. The van der Waals surface area contributed by atoms with Crippen molar-refractivity contribution in [3.05, 3.63) is 53.6 Å². The van der Waals surface area contributed by atoms with E-state index in [9.17, 15) is 4.79 Å². The Morgan fingerprint density at radius 3 is 2.40 bits per heavy atom. The van der Waals surface area contributed by atoms with E-state index < -0.39 is 0 Å². The van der Waals surface area contributed by atoms with Gasteiger partial charge in [0.15, 0.2) is 0 Å². The molecule has 1 aliphatic heterocycles. The summed E-state index contributed by atoms with van der Waals surface area (Å²) in [7, 11) is 0. The summed E-state index contributed by atoms with van der Waals surface area (Å²) in [6, 6.07) is 15.5. The van der Waals surface area contributed by atoms with E-state index in [4.69, 9.17) is 16.3 Å². The maximum absolute atomic E-state index is 12.4. The van der Waals surface area contributed by atoms with Gasteiger partial charge in [-0.25, -0.2) is 0 Å². The van der Waals surface area contributed by atoms with Crippen molar-refractivity contribution in [2.24, 2.45) is 0 Å². The number of amides is 1. The van der Waals surface area contributed by atoms with Crippen molar-refractivity contribution < 1.29 is 9.53 Å². The van der Waals surface area contributed by atoms with Crippen LogP contribution in [0.3, 0.4) is 0 Å². The van der Waals surface area contributed by atoms with Crippen LogP contribution in [0.5, 0.6) is 0 Å². The quantitative estimate of drug-likeness (QED) is 0.790. The van der Waals surface area contributed by atoms with Gasteiger partial charge >= 0.3 is 0 Å². The first-order valence-corrected chi connectivity index (χ1v) is 9.53. The second-order valence-corrected chi connectivity index (χ2v) is 7.70. The van der Waals surface area contributed by atoms with Crippen molar-refractivity contribution in [1.29, 1.82) is 0 Å². The third-order valence-corrected chi connectivity index (χ3v) is 5.37. The summed E-state index contributed by atoms with van der Waals surface area (Å²) >= 11 is 7.40. The van der Waals surface area contributed by atoms with Crippen molar-refractivity contribution in [3.8, 4) is 0 Å². The number of nitrogens with one attached hydrogen (secondary N) is 1. The van der Waals surface area contributed by atoms with E-state index in [1.165, 1.54) is 11.8 Å². The topological polar surface area (TPSA) is 41.6 Å². The predicted octanol–water partition coefficient (Wildman–Crippen LogP) is 4.30. The highest BCUT2D eigenvalue weighted by molar-refractivity contribution is 8.00. The number of hydrogen-bond acceptors (Lipinski definition) is 4. The van der Waals surface area contributed by atoms with Gasteiger partial charge in [-0.1, -0.05) is 11.6 Å². The molecular formula is C19H21ClN2O2S. The fourth-order valence-corrected chi connectivity index (χ4v) is 3.59. The first-order chi connectivity index (χ1) is 12.1. The van der Waals surface area contributed by atoms with Crippen molar-refractivity contribution in [3.63, 3.8) is 0 Å². The molecule has 1 aliphatic rings. The SMILES string of the molecule is C[C@@H](Sc1ccc(Cl)cc1)C(=O)Nc1ccc(N2CCOCC2)cc1. The van der Waals surface area contributed by atoms with Crippen molar-refractivity contribution in [2.75, 3.05) is 36.5 Å². The summed E-state index contributed by atoms with van der Waals surface area (Å²) in [5.74, 6) is -0.0147. The number of nitrogens with zero attached hydrogens (tertiary/aromatic N) is 1. The zero-order chi connectivity index (χ0) is 17.6. The maximum Gasteiger partial charge on any atom is 0.237 e. The number of ether oxygens (including phenoxy) is 1. The lowest BCUT2D eigenvalue weighted by Gasteiger charge is -2.28. The van der Waals surface area contributed by atoms with Gasteiger partial charge < -0.3 is 15.0 Å². The van der Waals surface area contributed by atoms with E-state index in [1.807, 2.05) is 55.5 Å². The van der Waals surface area contributed by atoms with Crippen molar-refractivity contribution in [2.45, 2.75) is 17.1 Å². The molecule has 1 fully saturated rings. The smallest absolute Gasteiger partial charge is 0.237 e. The van der Waals surface area contributed by atoms with Crippen LogP contribution in [-0.2, 0) is 9.53 Å². The van der Waals surface area contributed by atoms with E-state index in [-0.39, 0.29) is 11.2 Å². The van der Waals surface area contributed by atoms with Crippen molar-refractivity contribution in [1.82, 2.24) is 0 Å². The summed E-state index contributed by atoms with van der Waals surface area (Å²) in [6.45, 7) is 5.23. The molecule has 3 rings (SSSR count). The standard InChI is InChI=1S/C19H21ClN2O2S/c1-14(25-18-8-2-15(20)3-9-18)19(23)21-16-4-6-17(7-5-16)22-10-12-24-13-11-22/h2-9,14H,10-13H2,1H3,(H,21,23)/t14-/m1/s1. The molecule has 4 nitrogen and oxygen atoms in total. The Morgan fingerprint density at radius 1 is 1.12 bits per heavy atom. The lowest BCUT2D eigenvalue weighted by Crippen LogP contribution is -2.36. The van der Waals surface area contributed by atoms with Crippen LogP contribution in [0.4, 0.5) is 11.4 Å². The zero-order valence-electron chi connectivity index (χ0n) is 14.1. The van der Waals surface area contributed by atoms with E-state index in [0.717, 1.165) is 42.6 Å². The Morgan fingerprint density at radius 2 is 1.76 bits per heavy atom. The zero-order valence-corrected chi connectivity index (χ0v) is 15.6. The van der Waals surface area contributed by atoms with E-state index >= 15 is 0 Å². The first kappa shape index (κ1) is 18.1. The van der Waals surface area contributed by atoms with Crippen LogP contribution in [0, 0.1) is 0 Å². The molecule has 0 aromatic heterocycles. The highest BCUT2D eigenvalue weighted by atomic mass is 35.5. The molecule has 0 saturated carbocycles. The molecule has 0 bridgehead atoms. The Balaban J connectivity index is 1.55. The van der Waals surface area contributed by atoms with Crippen LogP contribution >= 0.6 is 23.4 Å². The van der Waals surface area contributed by atoms with Crippen LogP contribution in [0.25, 0.3) is 0 Å². The van der Waals surface area contributed by atoms with Gasteiger partial charge in [-0.05, 0) is 55.5 Å². The number of carbonyl (C=O) groups is 1. The van der Waals surface area contributed by atoms with Gasteiger partial charge in [-0.15, -0.1) is 11.8 Å². The van der Waals surface area contributed by atoms with E-state index in [1.54, 1.807) is 0 Å². The normalized spacial score (nSPS) is 15.7. The average Bonchev–Trinajstić information content (AvgIpc) is 2.65. The minimum atomic E-state index is -0.194. The summed E-state index contributed by atoms with van der Waals surface area (Å²) in [5.41, 5.74) is 1.97. The highest BCUT2D eigenvalue weighted by Crippen LogP contribution is 2.26. The number of thioether (sulfide) groups is 1. The molecule has 1 amide bonds. The fourth-order valence-electron chi connectivity index (χ4n) is 2.59. The molecule has 132 valence electrons. The molecule has 0 unspecified atom stereocenters. The van der Waals surface area contributed by atoms with Gasteiger partial charge in [0.25, 0.3) is 0 Å². The third kappa shape index (κ3) is 5.14. The summed E-state index contributed by atoms with van der Waals surface area (Å²) in [6.07, 6.45) is 0. The minimum absolute atomic E-state index is 0.0147. The second kappa shape index (κ2) is 8.61. The summed E-state index contributed by atoms with van der Waals surface area (Å²) in [5, 5.41) is 3.48.